The molecule has 0 aliphatic heterocycles. The number of hydrogen-bond acceptors (Lipinski definition) is 2. The number of rotatable bonds is 2. The van der Waals surface area contributed by atoms with Gasteiger partial charge in [0.05, 0.1) is 18.7 Å². The summed E-state index contributed by atoms with van der Waals surface area (Å²) in [4.78, 5) is 3.55. The van der Waals surface area contributed by atoms with E-state index >= 15 is 0 Å². The Bertz CT molecular complexity index is 285. The van der Waals surface area contributed by atoms with Gasteiger partial charge in [0.25, 0.3) is 0 Å². The molecule has 1 heterocycles. The van der Waals surface area contributed by atoms with E-state index in [1.807, 2.05) is 0 Å². The van der Waals surface area contributed by atoms with Crippen LogP contribution in [0.3, 0.4) is 0 Å². The van der Waals surface area contributed by atoms with Crippen LogP contribution in [0.4, 0.5) is 13.2 Å². The van der Waals surface area contributed by atoms with Gasteiger partial charge in [-0.25, -0.2) is 0 Å². The van der Waals surface area contributed by atoms with Crippen LogP contribution in [-0.4, -0.2) is 16.3 Å². The molecule has 72 valence electrons. The van der Waals surface area contributed by atoms with Crippen LogP contribution >= 0.6 is 0 Å². The van der Waals surface area contributed by atoms with Crippen molar-refractivity contribution in [2.75, 3.05) is 0 Å². The molecule has 5 heteroatoms. The second-order valence-corrected chi connectivity index (χ2v) is 2.56. The Hall–Kier alpha value is -1.10. The van der Waals surface area contributed by atoms with Crippen molar-refractivity contribution in [3.8, 4) is 0 Å². The van der Waals surface area contributed by atoms with Crippen molar-refractivity contribution in [3.63, 3.8) is 0 Å². The summed E-state index contributed by atoms with van der Waals surface area (Å²) in [6, 6.07) is 2.92. The summed E-state index contributed by atoms with van der Waals surface area (Å²) in [5, 5.41) is 8.71. The van der Waals surface area contributed by atoms with Crippen molar-refractivity contribution in [3.05, 3.63) is 29.6 Å². The molecular weight excluding hydrogens is 183 g/mol. The van der Waals surface area contributed by atoms with Gasteiger partial charge in [-0.1, -0.05) is 6.07 Å². The highest BCUT2D eigenvalue weighted by atomic mass is 19.4. The van der Waals surface area contributed by atoms with E-state index in [2.05, 4.69) is 4.98 Å². The molecular formula is C8H8F3NO. The minimum atomic E-state index is -4.28. The first-order valence-corrected chi connectivity index (χ1v) is 3.63. The lowest BCUT2D eigenvalue weighted by Crippen LogP contribution is -2.14. The molecule has 0 spiro atoms. The van der Waals surface area contributed by atoms with Crippen molar-refractivity contribution >= 4 is 0 Å². The van der Waals surface area contributed by atoms with E-state index in [0.717, 1.165) is 0 Å². The smallest absolute Gasteiger partial charge is 0.392 e. The molecule has 0 amide bonds. The van der Waals surface area contributed by atoms with E-state index in [1.54, 1.807) is 0 Å². The topological polar surface area (TPSA) is 33.1 Å². The third kappa shape index (κ3) is 3.02. The van der Waals surface area contributed by atoms with Gasteiger partial charge in [-0.15, -0.1) is 0 Å². The summed E-state index contributed by atoms with van der Waals surface area (Å²) in [7, 11) is 0. The highest BCUT2D eigenvalue weighted by molar-refractivity contribution is 5.19. The second kappa shape index (κ2) is 3.74. The fourth-order valence-corrected chi connectivity index (χ4v) is 0.964. The maximum atomic E-state index is 11.9. The summed E-state index contributed by atoms with van der Waals surface area (Å²) in [5.74, 6) is 0. The number of nitrogens with zero attached hydrogens (tertiary/aromatic N) is 1. The van der Waals surface area contributed by atoms with E-state index < -0.39 is 19.2 Å². The molecule has 1 aromatic rings. The average Bonchev–Trinajstić information content (AvgIpc) is 2.02. The Balaban J connectivity index is 2.87. The van der Waals surface area contributed by atoms with Gasteiger partial charge >= 0.3 is 6.18 Å². The number of halogens is 3. The number of aromatic nitrogens is 1. The van der Waals surface area contributed by atoms with Gasteiger partial charge in [0.1, 0.15) is 0 Å². The molecule has 0 bridgehead atoms. The van der Waals surface area contributed by atoms with Crippen molar-refractivity contribution in [2.24, 2.45) is 0 Å². The SMILES string of the molecule is OCc1cccnc1CC(F)(F)F. The van der Waals surface area contributed by atoms with E-state index in [9.17, 15) is 13.2 Å². The Morgan fingerprint density at radius 2 is 2.08 bits per heavy atom. The summed E-state index contributed by atoms with van der Waals surface area (Å²) in [6.07, 6.45) is -4.10. The molecule has 0 aliphatic rings. The largest absolute Gasteiger partial charge is 0.394 e. The van der Waals surface area contributed by atoms with Crippen molar-refractivity contribution in [2.45, 2.75) is 19.2 Å². The van der Waals surface area contributed by atoms with E-state index in [0.29, 0.717) is 0 Å². The maximum Gasteiger partial charge on any atom is 0.394 e. The second-order valence-electron chi connectivity index (χ2n) is 2.56. The molecule has 0 atom stereocenters. The molecule has 1 aromatic heterocycles. The van der Waals surface area contributed by atoms with Gasteiger partial charge in [0.15, 0.2) is 0 Å². The van der Waals surface area contributed by atoms with Crippen molar-refractivity contribution in [1.82, 2.24) is 4.98 Å². The third-order valence-electron chi connectivity index (χ3n) is 1.52. The zero-order chi connectivity index (χ0) is 9.90. The zero-order valence-electron chi connectivity index (χ0n) is 6.67. The van der Waals surface area contributed by atoms with Gasteiger partial charge in [-0.05, 0) is 11.6 Å². The minimum Gasteiger partial charge on any atom is -0.392 e. The quantitative estimate of drug-likeness (QED) is 0.771. The van der Waals surface area contributed by atoms with Crippen LogP contribution in [0.15, 0.2) is 18.3 Å². The first kappa shape index (κ1) is 9.98. The fraction of sp³-hybridized carbons (Fsp3) is 0.375. The Kier molecular flexibility index (Phi) is 2.87. The van der Waals surface area contributed by atoms with Crippen molar-refractivity contribution < 1.29 is 18.3 Å². The number of pyridine rings is 1. The Morgan fingerprint density at radius 3 is 2.62 bits per heavy atom. The summed E-state index contributed by atoms with van der Waals surface area (Å²) < 4.78 is 35.8. The third-order valence-corrected chi connectivity index (χ3v) is 1.52. The minimum absolute atomic E-state index is 0.113. The standard InChI is InChI=1S/C8H8F3NO/c9-8(10,11)4-7-6(5-13)2-1-3-12-7/h1-3,13H,4-5H2. The molecule has 0 saturated heterocycles. The molecule has 0 radical (unpaired) electrons. The molecule has 0 saturated carbocycles. The van der Waals surface area contributed by atoms with Gasteiger partial charge in [0.2, 0.25) is 0 Å². The molecule has 0 aliphatic carbocycles. The van der Waals surface area contributed by atoms with Gasteiger partial charge in [-0.3, -0.25) is 4.98 Å². The lowest BCUT2D eigenvalue weighted by molar-refractivity contribution is -0.128. The fourth-order valence-electron chi connectivity index (χ4n) is 0.964. The van der Waals surface area contributed by atoms with Crippen LogP contribution in [0.1, 0.15) is 11.3 Å². The van der Waals surface area contributed by atoms with Gasteiger partial charge in [0, 0.05) is 6.20 Å². The number of aliphatic hydroxyl groups is 1. The molecule has 1 N–H and O–H groups in total. The van der Waals surface area contributed by atoms with Crippen LogP contribution in [0.5, 0.6) is 0 Å². The lowest BCUT2D eigenvalue weighted by atomic mass is 10.1. The average molecular weight is 191 g/mol. The summed E-state index contributed by atoms with van der Waals surface area (Å²) >= 11 is 0. The van der Waals surface area contributed by atoms with Crippen LogP contribution in [0.2, 0.25) is 0 Å². The van der Waals surface area contributed by atoms with Gasteiger partial charge < -0.3 is 5.11 Å². The molecule has 13 heavy (non-hydrogen) atoms. The van der Waals surface area contributed by atoms with Crippen LogP contribution in [0, 0.1) is 0 Å². The van der Waals surface area contributed by atoms with E-state index in [-0.39, 0.29) is 11.3 Å². The Morgan fingerprint density at radius 1 is 1.38 bits per heavy atom. The predicted molar refractivity (Wildman–Crippen MR) is 39.9 cm³/mol. The van der Waals surface area contributed by atoms with Crippen LogP contribution in [0.25, 0.3) is 0 Å². The zero-order valence-corrected chi connectivity index (χ0v) is 6.67. The highest BCUT2D eigenvalue weighted by Crippen LogP contribution is 2.21. The first-order valence-electron chi connectivity index (χ1n) is 3.63. The number of aliphatic hydroxyl groups excluding tert-OH is 1. The molecule has 0 fully saturated rings. The molecule has 0 unspecified atom stereocenters. The van der Waals surface area contributed by atoms with E-state index in [1.165, 1.54) is 18.3 Å². The first-order chi connectivity index (χ1) is 6.03. The summed E-state index contributed by atoms with van der Waals surface area (Å²) in [6.45, 7) is -0.417. The molecule has 0 aromatic carbocycles. The summed E-state index contributed by atoms with van der Waals surface area (Å²) in [5.41, 5.74) is 0.109. The molecule has 1 rings (SSSR count). The Labute approximate surface area is 73.0 Å². The molecule has 2 nitrogen and oxygen atoms in total. The monoisotopic (exact) mass is 191 g/mol. The van der Waals surface area contributed by atoms with Crippen LogP contribution < -0.4 is 0 Å². The van der Waals surface area contributed by atoms with E-state index in [4.69, 9.17) is 5.11 Å². The van der Waals surface area contributed by atoms with Crippen molar-refractivity contribution in [1.29, 1.82) is 0 Å². The lowest BCUT2D eigenvalue weighted by Gasteiger charge is -2.08. The highest BCUT2D eigenvalue weighted by Gasteiger charge is 2.29. The predicted octanol–water partition coefficient (Wildman–Crippen LogP) is 1.68. The normalized spacial score (nSPS) is 11.7. The van der Waals surface area contributed by atoms with Gasteiger partial charge in [-0.2, -0.15) is 13.2 Å². The number of alkyl halides is 3. The number of hydrogen-bond donors (Lipinski definition) is 1. The van der Waals surface area contributed by atoms with Crippen LogP contribution in [-0.2, 0) is 13.0 Å². The maximum absolute atomic E-state index is 11.9.